The third-order valence-corrected chi connectivity index (χ3v) is 5.74. The standard InChI is InChI=1S/C13H29N3O3S/c1-4-13(12-17,14-2)6-5-7-15-8-10-16(11-9-15)20(3,18)19/h14,17H,4-12H2,1-3H3. The van der Waals surface area contributed by atoms with E-state index in [0.717, 1.165) is 38.9 Å². The SMILES string of the molecule is CCC(CO)(CCCN1CCN(S(C)(=O)=O)CC1)NC. The third-order valence-electron chi connectivity index (χ3n) is 4.44. The van der Waals surface area contributed by atoms with Gasteiger partial charge in [0.2, 0.25) is 10.0 Å². The molecule has 0 bridgehead atoms. The Morgan fingerprint density at radius 2 is 1.85 bits per heavy atom. The van der Waals surface area contributed by atoms with Crippen molar-refractivity contribution in [3.63, 3.8) is 0 Å². The summed E-state index contributed by atoms with van der Waals surface area (Å²) in [6, 6.07) is 0. The summed E-state index contributed by atoms with van der Waals surface area (Å²) in [5.74, 6) is 0. The van der Waals surface area contributed by atoms with Crippen LogP contribution in [0.1, 0.15) is 26.2 Å². The first-order valence-corrected chi connectivity index (χ1v) is 9.19. The number of hydrogen-bond donors (Lipinski definition) is 2. The second-order valence-corrected chi connectivity index (χ2v) is 7.63. The van der Waals surface area contributed by atoms with E-state index in [1.54, 1.807) is 4.31 Å². The molecule has 2 N–H and O–H groups in total. The average Bonchev–Trinajstić information content (AvgIpc) is 2.44. The normalized spacial score (nSPS) is 21.8. The summed E-state index contributed by atoms with van der Waals surface area (Å²) in [6.07, 6.45) is 4.12. The lowest BCUT2D eigenvalue weighted by atomic mass is 9.91. The lowest BCUT2D eigenvalue weighted by Crippen LogP contribution is -2.49. The van der Waals surface area contributed by atoms with E-state index in [-0.39, 0.29) is 12.1 Å². The maximum absolute atomic E-state index is 11.4. The monoisotopic (exact) mass is 307 g/mol. The molecule has 0 aliphatic carbocycles. The highest BCUT2D eigenvalue weighted by Crippen LogP contribution is 2.17. The van der Waals surface area contributed by atoms with Gasteiger partial charge < -0.3 is 15.3 Å². The van der Waals surface area contributed by atoms with Gasteiger partial charge in [0.05, 0.1) is 12.9 Å². The first-order chi connectivity index (χ1) is 9.37. The van der Waals surface area contributed by atoms with E-state index in [4.69, 9.17) is 0 Å². The Hall–Kier alpha value is -0.210. The van der Waals surface area contributed by atoms with Gasteiger partial charge in [0, 0.05) is 31.7 Å². The molecule has 1 rings (SSSR count). The molecule has 1 saturated heterocycles. The number of rotatable bonds is 8. The van der Waals surface area contributed by atoms with Crippen molar-refractivity contribution in [1.82, 2.24) is 14.5 Å². The second kappa shape index (κ2) is 7.70. The minimum Gasteiger partial charge on any atom is -0.394 e. The largest absolute Gasteiger partial charge is 0.394 e. The molecule has 0 aromatic heterocycles. The van der Waals surface area contributed by atoms with Crippen molar-refractivity contribution >= 4 is 10.0 Å². The van der Waals surface area contributed by atoms with E-state index >= 15 is 0 Å². The molecule has 1 aliphatic heterocycles. The molecular weight excluding hydrogens is 278 g/mol. The minimum absolute atomic E-state index is 0.155. The Balaban J connectivity index is 2.31. The molecule has 0 spiro atoms. The first-order valence-electron chi connectivity index (χ1n) is 7.34. The topological polar surface area (TPSA) is 72.9 Å². The molecule has 0 aromatic carbocycles. The van der Waals surface area contributed by atoms with Crippen LogP contribution < -0.4 is 5.32 Å². The van der Waals surface area contributed by atoms with Gasteiger partial charge in [-0.2, -0.15) is 4.31 Å². The number of hydrogen-bond acceptors (Lipinski definition) is 5. The molecule has 1 aliphatic rings. The van der Waals surface area contributed by atoms with E-state index in [1.165, 1.54) is 6.26 Å². The fourth-order valence-electron chi connectivity index (χ4n) is 2.67. The Labute approximate surface area is 123 Å². The Kier molecular flexibility index (Phi) is 6.87. The van der Waals surface area contributed by atoms with E-state index in [9.17, 15) is 13.5 Å². The first kappa shape index (κ1) is 17.8. The fraction of sp³-hybridized carbons (Fsp3) is 1.00. The number of nitrogens with one attached hydrogen (secondary N) is 1. The maximum Gasteiger partial charge on any atom is 0.211 e. The van der Waals surface area contributed by atoms with Crippen molar-refractivity contribution in [2.45, 2.75) is 31.7 Å². The summed E-state index contributed by atoms with van der Waals surface area (Å²) in [5.41, 5.74) is -0.172. The molecule has 1 fully saturated rings. The molecule has 6 nitrogen and oxygen atoms in total. The number of piperazine rings is 1. The molecule has 1 unspecified atom stereocenters. The molecule has 120 valence electrons. The van der Waals surface area contributed by atoms with Gasteiger partial charge in [-0.1, -0.05) is 6.92 Å². The zero-order chi connectivity index (χ0) is 15.2. The number of aliphatic hydroxyl groups is 1. The van der Waals surface area contributed by atoms with Crippen molar-refractivity contribution in [3.05, 3.63) is 0 Å². The number of nitrogens with zero attached hydrogens (tertiary/aromatic N) is 2. The van der Waals surface area contributed by atoms with Crippen LogP contribution in [0.3, 0.4) is 0 Å². The molecule has 1 atom stereocenters. The highest BCUT2D eigenvalue weighted by Gasteiger charge is 2.26. The molecular formula is C13H29N3O3S. The van der Waals surface area contributed by atoms with E-state index < -0.39 is 10.0 Å². The van der Waals surface area contributed by atoms with E-state index in [0.29, 0.717) is 13.1 Å². The minimum atomic E-state index is -3.04. The van der Waals surface area contributed by atoms with Gasteiger partial charge in [0.15, 0.2) is 0 Å². The average molecular weight is 307 g/mol. The van der Waals surface area contributed by atoms with Gasteiger partial charge in [0.25, 0.3) is 0 Å². The van der Waals surface area contributed by atoms with Crippen LogP contribution >= 0.6 is 0 Å². The highest BCUT2D eigenvalue weighted by atomic mass is 32.2. The van der Waals surface area contributed by atoms with Crippen molar-refractivity contribution < 1.29 is 13.5 Å². The number of aliphatic hydroxyl groups excluding tert-OH is 1. The maximum atomic E-state index is 11.4. The van der Waals surface area contributed by atoms with Gasteiger partial charge in [-0.3, -0.25) is 0 Å². The summed E-state index contributed by atoms with van der Waals surface area (Å²) in [5, 5.41) is 12.7. The van der Waals surface area contributed by atoms with Crippen molar-refractivity contribution in [1.29, 1.82) is 0 Å². The molecule has 1 heterocycles. The van der Waals surface area contributed by atoms with Crippen LogP contribution in [0.25, 0.3) is 0 Å². The summed E-state index contributed by atoms with van der Waals surface area (Å²) in [7, 11) is -1.15. The summed E-state index contributed by atoms with van der Waals surface area (Å²) in [6.45, 7) is 5.96. The van der Waals surface area contributed by atoms with E-state index in [2.05, 4.69) is 17.1 Å². The smallest absolute Gasteiger partial charge is 0.211 e. The zero-order valence-electron chi connectivity index (χ0n) is 12.9. The van der Waals surface area contributed by atoms with Crippen molar-refractivity contribution in [2.75, 3.05) is 52.6 Å². The Morgan fingerprint density at radius 1 is 1.25 bits per heavy atom. The van der Waals surface area contributed by atoms with Gasteiger partial charge in [-0.15, -0.1) is 0 Å². The van der Waals surface area contributed by atoms with Crippen molar-refractivity contribution in [2.24, 2.45) is 0 Å². The Bertz CT molecular complexity index is 366. The van der Waals surface area contributed by atoms with Gasteiger partial charge in [-0.05, 0) is 32.9 Å². The van der Waals surface area contributed by atoms with Crippen LogP contribution in [0.15, 0.2) is 0 Å². The van der Waals surface area contributed by atoms with Gasteiger partial charge in [0.1, 0.15) is 0 Å². The lowest BCUT2D eigenvalue weighted by Gasteiger charge is -2.35. The second-order valence-electron chi connectivity index (χ2n) is 5.65. The van der Waals surface area contributed by atoms with Crippen LogP contribution in [0.2, 0.25) is 0 Å². The lowest BCUT2D eigenvalue weighted by molar-refractivity contribution is 0.138. The van der Waals surface area contributed by atoms with Gasteiger partial charge >= 0.3 is 0 Å². The van der Waals surface area contributed by atoms with Gasteiger partial charge in [-0.25, -0.2) is 8.42 Å². The van der Waals surface area contributed by atoms with E-state index in [1.807, 2.05) is 7.05 Å². The quantitative estimate of drug-likeness (QED) is 0.644. The molecule has 7 heteroatoms. The predicted octanol–water partition coefficient (Wildman–Crippen LogP) is -0.296. The van der Waals surface area contributed by atoms with Crippen LogP contribution in [-0.2, 0) is 10.0 Å². The Morgan fingerprint density at radius 3 is 2.25 bits per heavy atom. The molecule has 0 amide bonds. The molecule has 0 aromatic rings. The molecule has 0 radical (unpaired) electrons. The third kappa shape index (κ3) is 4.96. The summed E-state index contributed by atoms with van der Waals surface area (Å²) in [4.78, 5) is 2.30. The summed E-state index contributed by atoms with van der Waals surface area (Å²) < 4.78 is 24.4. The van der Waals surface area contributed by atoms with Crippen LogP contribution in [0.5, 0.6) is 0 Å². The number of sulfonamides is 1. The fourth-order valence-corrected chi connectivity index (χ4v) is 3.50. The number of likely N-dealkylation sites (N-methyl/N-ethyl adjacent to an activating group) is 1. The van der Waals surface area contributed by atoms with Crippen molar-refractivity contribution in [3.8, 4) is 0 Å². The molecule has 0 saturated carbocycles. The summed E-state index contributed by atoms with van der Waals surface area (Å²) >= 11 is 0. The highest BCUT2D eigenvalue weighted by molar-refractivity contribution is 7.88. The molecule has 20 heavy (non-hydrogen) atoms. The van der Waals surface area contributed by atoms with Crippen LogP contribution in [0.4, 0.5) is 0 Å². The van der Waals surface area contributed by atoms with Crippen LogP contribution in [-0.4, -0.2) is 80.9 Å². The van der Waals surface area contributed by atoms with Crippen LogP contribution in [0, 0.1) is 0 Å². The predicted molar refractivity (Wildman–Crippen MR) is 81.3 cm³/mol. The zero-order valence-corrected chi connectivity index (χ0v) is 13.7.